The van der Waals surface area contributed by atoms with E-state index in [1.54, 1.807) is 27.7 Å². The topological polar surface area (TPSA) is 66.8 Å². The zero-order chi connectivity index (χ0) is 14.0. The van der Waals surface area contributed by atoms with E-state index in [0.29, 0.717) is 13.0 Å². The molecule has 0 saturated carbocycles. The van der Waals surface area contributed by atoms with E-state index in [1.807, 2.05) is 0 Å². The van der Waals surface area contributed by atoms with Crippen LogP contribution in [0.4, 0.5) is 4.79 Å². The quantitative estimate of drug-likeness (QED) is 0.784. The van der Waals surface area contributed by atoms with Crippen LogP contribution in [0.3, 0.4) is 0 Å². The first-order chi connectivity index (χ1) is 8.17. The highest BCUT2D eigenvalue weighted by Crippen LogP contribution is 2.29. The largest absolute Gasteiger partial charge is 0.480 e. The summed E-state index contributed by atoms with van der Waals surface area (Å²) in [4.78, 5) is 25.0. The Kier molecular flexibility index (Phi) is 4.24. The molecule has 1 saturated heterocycles. The molecule has 1 amide bonds. The minimum absolute atomic E-state index is 0.442. The highest BCUT2D eigenvalue weighted by Gasteiger charge is 2.44. The summed E-state index contributed by atoms with van der Waals surface area (Å²) < 4.78 is 5.30. The number of aliphatic carboxylic acids is 1. The number of carboxylic acid groups (broad SMARTS) is 1. The molecule has 1 rings (SSSR count). The highest BCUT2D eigenvalue weighted by atomic mass is 16.6. The molecular formula is C13H23NO4. The van der Waals surface area contributed by atoms with Crippen LogP contribution in [0.1, 0.15) is 53.4 Å². The van der Waals surface area contributed by atoms with Gasteiger partial charge in [0.25, 0.3) is 0 Å². The minimum Gasteiger partial charge on any atom is -0.480 e. The van der Waals surface area contributed by atoms with E-state index in [9.17, 15) is 14.7 Å². The van der Waals surface area contributed by atoms with Crippen molar-refractivity contribution in [3.63, 3.8) is 0 Å². The van der Waals surface area contributed by atoms with Gasteiger partial charge in [0.1, 0.15) is 11.1 Å². The van der Waals surface area contributed by atoms with Crippen LogP contribution in [0.25, 0.3) is 0 Å². The summed E-state index contributed by atoms with van der Waals surface area (Å²) in [6.45, 7) is 7.38. The third kappa shape index (κ3) is 3.37. The van der Waals surface area contributed by atoms with Crippen molar-refractivity contribution in [3.05, 3.63) is 0 Å². The molecule has 0 aromatic heterocycles. The van der Waals surface area contributed by atoms with Gasteiger partial charge in [0.05, 0.1) is 0 Å². The summed E-state index contributed by atoms with van der Waals surface area (Å²) in [7, 11) is 0. The SMILES string of the molecule is CC(C)(C)OC(=O)N1CCCCCC1(C)C(=O)O. The molecule has 0 aliphatic carbocycles. The fraction of sp³-hybridized carbons (Fsp3) is 0.846. The van der Waals surface area contributed by atoms with Crippen LogP contribution in [0.5, 0.6) is 0 Å². The lowest BCUT2D eigenvalue weighted by Gasteiger charge is -2.37. The Hall–Kier alpha value is -1.26. The number of carbonyl (C=O) groups is 2. The van der Waals surface area contributed by atoms with Gasteiger partial charge in [0, 0.05) is 6.54 Å². The molecule has 1 fully saturated rings. The average Bonchev–Trinajstić information content (AvgIpc) is 2.38. The van der Waals surface area contributed by atoms with Gasteiger partial charge in [-0.3, -0.25) is 4.90 Å². The van der Waals surface area contributed by atoms with Gasteiger partial charge in [-0.25, -0.2) is 9.59 Å². The van der Waals surface area contributed by atoms with Crippen molar-refractivity contribution in [2.75, 3.05) is 6.54 Å². The van der Waals surface area contributed by atoms with Crippen LogP contribution in [0, 0.1) is 0 Å². The smallest absolute Gasteiger partial charge is 0.411 e. The van der Waals surface area contributed by atoms with E-state index < -0.39 is 23.2 Å². The number of hydrogen-bond acceptors (Lipinski definition) is 3. The van der Waals surface area contributed by atoms with Gasteiger partial charge in [0.15, 0.2) is 0 Å². The number of hydrogen-bond donors (Lipinski definition) is 1. The molecule has 0 spiro atoms. The van der Waals surface area contributed by atoms with E-state index in [1.165, 1.54) is 4.90 Å². The number of likely N-dealkylation sites (tertiary alicyclic amines) is 1. The first-order valence-electron chi connectivity index (χ1n) is 6.41. The van der Waals surface area contributed by atoms with Gasteiger partial charge in [0.2, 0.25) is 0 Å². The second-order valence-corrected chi connectivity index (χ2v) is 6.02. The van der Waals surface area contributed by atoms with Gasteiger partial charge in [-0.15, -0.1) is 0 Å². The third-order valence-corrected chi connectivity index (χ3v) is 3.22. The Morgan fingerprint density at radius 2 is 1.83 bits per heavy atom. The molecule has 1 atom stereocenters. The lowest BCUT2D eigenvalue weighted by atomic mass is 9.95. The number of carbonyl (C=O) groups excluding carboxylic acids is 1. The van der Waals surface area contributed by atoms with E-state index in [4.69, 9.17) is 4.74 Å². The molecular weight excluding hydrogens is 234 g/mol. The number of nitrogens with zero attached hydrogens (tertiary/aromatic N) is 1. The van der Waals surface area contributed by atoms with Crippen molar-refractivity contribution in [1.29, 1.82) is 0 Å². The predicted octanol–water partition coefficient (Wildman–Crippen LogP) is 2.64. The molecule has 1 N–H and O–H groups in total. The molecule has 1 unspecified atom stereocenters. The second-order valence-electron chi connectivity index (χ2n) is 6.02. The molecule has 1 aliphatic rings. The first kappa shape index (κ1) is 14.8. The van der Waals surface area contributed by atoms with Crippen LogP contribution < -0.4 is 0 Å². The maximum Gasteiger partial charge on any atom is 0.411 e. The zero-order valence-corrected chi connectivity index (χ0v) is 11.7. The summed E-state index contributed by atoms with van der Waals surface area (Å²) in [6.07, 6.45) is 2.53. The molecule has 0 bridgehead atoms. The van der Waals surface area contributed by atoms with Crippen molar-refractivity contribution in [1.82, 2.24) is 4.90 Å². The zero-order valence-electron chi connectivity index (χ0n) is 11.7. The molecule has 0 aromatic rings. The van der Waals surface area contributed by atoms with Gasteiger partial charge in [-0.05, 0) is 40.5 Å². The Labute approximate surface area is 108 Å². The van der Waals surface area contributed by atoms with Gasteiger partial charge in [-0.1, -0.05) is 12.8 Å². The van der Waals surface area contributed by atoms with Crippen LogP contribution in [0.15, 0.2) is 0 Å². The van der Waals surface area contributed by atoms with E-state index in [2.05, 4.69) is 0 Å². The van der Waals surface area contributed by atoms with Crippen molar-refractivity contribution >= 4 is 12.1 Å². The van der Waals surface area contributed by atoms with Crippen LogP contribution in [-0.4, -0.2) is 39.8 Å². The molecule has 104 valence electrons. The lowest BCUT2D eigenvalue weighted by Crippen LogP contribution is -2.55. The molecule has 0 radical (unpaired) electrons. The van der Waals surface area contributed by atoms with Crippen molar-refractivity contribution in [2.24, 2.45) is 0 Å². The Balaban J connectivity index is 2.93. The molecule has 5 nitrogen and oxygen atoms in total. The van der Waals surface area contributed by atoms with Crippen molar-refractivity contribution in [2.45, 2.75) is 64.5 Å². The molecule has 18 heavy (non-hydrogen) atoms. The molecule has 1 aliphatic heterocycles. The summed E-state index contributed by atoms with van der Waals surface area (Å²) in [5, 5.41) is 9.39. The first-order valence-corrected chi connectivity index (χ1v) is 6.41. The van der Waals surface area contributed by atoms with E-state index in [0.717, 1.165) is 19.3 Å². The summed E-state index contributed by atoms with van der Waals surface area (Å²) in [5.41, 5.74) is -1.76. The van der Waals surface area contributed by atoms with E-state index >= 15 is 0 Å². The predicted molar refractivity (Wildman–Crippen MR) is 67.4 cm³/mol. The Morgan fingerprint density at radius 3 is 2.33 bits per heavy atom. The van der Waals surface area contributed by atoms with Crippen LogP contribution in [-0.2, 0) is 9.53 Å². The van der Waals surface area contributed by atoms with Crippen molar-refractivity contribution in [3.8, 4) is 0 Å². The maximum atomic E-state index is 12.1. The van der Waals surface area contributed by atoms with Gasteiger partial charge in [-0.2, -0.15) is 0 Å². The summed E-state index contributed by atoms with van der Waals surface area (Å²) in [6, 6.07) is 0. The summed E-state index contributed by atoms with van der Waals surface area (Å²) in [5.74, 6) is -0.963. The highest BCUT2D eigenvalue weighted by molar-refractivity contribution is 5.84. The van der Waals surface area contributed by atoms with Gasteiger partial charge >= 0.3 is 12.1 Å². The molecule has 1 heterocycles. The lowest BCUT2D eigenvalue weighted by molar-refractivity contribution is -0.150. The number of carboxylic acids is 1. The minimum atomic E-state index is -1.15. The Morgan fingerprint density at radius 1 is 1.22 bits per heavy atom. The maximum absolute atomic E-state index is 12.1. The van der Waals surface area contributed by atoms with Crippen LogP contribution in [0.2, 0.25) is 0 Å². The normalized spacial score (nSPS) is 25.4. The molecule has 5 heteroatoms. The fourth-order valence-electron chi connectivity index (χ4n) is 2.13. The average molecular weight is 257 g/mol. The molecule has 0 aromatic carbocycles. The third-order valence-electron chi connectivity index (χ3n) is 3.22. The number of amides is 1. The number of rotatable bonds is 1. The summed E-state index contributed by atoms with van der Waals surface area (Å²) >= 11 is 0. The second kappa shape index (κ2) is 5.16. The van der Waals surface area contributed by atoms with E-state index in [-0.39, 0.29) is 0 Å². The fourth-order valence-corrected chi connectivity index (χ4v) is 2.13. The van der Waals surface area contributed by atoms with Gasteiger partial charge < -0.3 is 9.84 Å². The van der Waals surface area contributed by atoms with Crippen LogP contribution >= 0.6 is 0 Å². The Bertz CT molecular complexity index is 334. The standard InChI is InChI=1S/C13H23NO4/c1-12(2,3)18-11(17)14-9-7-5-6-8-13(14,4)10(15)16/h5-9H2,1-4H3,(H,15,16). The van der Waals surface area contributed by atoms with Crippen molar-refractivity contribution < 1.29 is 19.4 Å². The number of ether oxygens (including phenoxy) is 1. The monoisotopic (exact) mass is 257 g/mol.